The average Bonchev–Trinajstić information content (AvgIpc) is 2.63. The van der Waals surface area contributed by atoms with Crippen LogP contribution in [0.3, 0.4) is 0 Å². The lowest BCUT2D eigenvalue weighted by atomic mass is 9.99. The van der Waals surface area contributed by atoms with E-state index in [1.165, 1.54) is 11.1 Å². The van der Waals surface area contributed by atoms with Crippen LogP contribution in [0.5, 0.6) is 0 Å². The zero-order chi connectivity index (χ0) is 16.6. The Kier molecular flexibility index (Phi) is 5.52. The molecular formula is C22H22N2. The number of hydrogen-bond acceptors (Lipinski definition) is 2. The summed E-state index contributed by atoms with van der Waals surface area (Å²) >= 11 is 0. The van der Waals surface area contributed by atoms with Gasteiger partial charge in [0.25, 0.3) is 0 Å². The molecule has 0 fully saturated rings. The molecule has 0 unspecified atom stereocenters. The van der Waals surface area contributed by atoms with Gasteiger partial charge in [0, 0.05) is 11.3 Å². The van der Waals surface area contributed by atoms with E-state index in [9.17, 15) is 0 Å². The van der Waals surface area contributed by atoms with Gasteiger partial charge < -0.3 is 0 Å². The van der Waals surface area contributed by atoms with E-state index in [0.29, 0.717) is 0 Å². The summed E-state index contributed by atoms with van der Waals surface area (Å²) in [5.41, 5.74) is 5.60. The number of fused-ring (bicyclic) bond motifs is 1. The van der Waals surface area contributed by atoms with Crippen molar-refractivity contribution < 1.29 is 0 Å². The molecule has 0 atom stereocenters. The summed E-state index contributed by atoms with van der Waals surface area (Å²) in [5, 5.41) is 0. The number of allylic oxidation sites excluding steroid dienone is 5. The van der Waals surface area contributed by atoms with E-state index >= 15 is 0 Å². The van der Waals surface area contributed by atoms with Crippen LogP contribution in [0.25, 0.3) is 23.4 Å². The summed E-state index contributed by atoms with van der Waals surface area (Å²) in [7, 11) is 0. The van der Waals surface area contributed by atoms with Gasteiger partial charge in [-0.1, -0.05) is 54.7 Å². The van der Waals surface area contributed by atoms with Crippen LogP contribution in [-0.2, 0) is 6.42 Å². The van der Waals surface area contributed by atoms with Gasteiger partial charge in [0.05, 0.1) is 5.69 Å². The van der Waals surface area contributed by atoms with E-state index in [0.717, 1.165) is 42.6 Å². The van der Waals surface area contributed by atoms with Crippen molar-refractivity contribution in [2.45, 2.75) is 25.7 Å². The lowest BCUT2D eigenvalue weighted by Gasteiger charge is -2.08. The molecule has 0 aliphatic heterocycles. The fourth-order valence-electron chi connectivity index (χ4n) is 2.71. The molecular weight excluding hydrogens is 292 g/mol. The molecule has 1 aliphatic rings. The smallest absolute Gasteiger partial charge is 0.116 e. The van der Waals surface area contributed by atoms with Gasteiger partial charge >= 0.3 is 0 Å². The number of hydrogen-bond donors (Lipinski definition) is 0. The van der Waals surface area contributed by atoms with E-state index in [-0.39, 0.29) is 0 Å². The molecule has 0 N–H and O–H groups in total. The highest BCUT2D eigenvalue weighted by Gasteiger charge is 2.05. The molecule has 0 radical (unpaired) electrons. The first-order valence-corrected chi connectivity index (χ1v) is 8.43. The van der Waals surface area contributed by atoms with Crippen LogP contribution in [0, 0.1) is 0 Å². The molecule has 2 heteroatoms. The molecule has 3 rings (SSSR count). The highest BCUT2D eigenvalue weighted by molar-refractivity contribution is 5.72. The van der Waals surface area contributed by atoms with Crippen LogP contribution in [0.4, 0.5) is 0 Å². The summed E-state index contributed by atoms with van der Waals surface area (Å²) in [6, 6.07) is 8.58. The van der Waals surface area contributed by atoms with Crippen molar-refractivity contribution in [1.82, 2.24) is 9.97 Å². The third-order valence-corrected chi connectivity index (χ3v) is 4.03. The van der Waals surface area contributed by atoms with Gasteiger partial charge in [-0.05, 0) is 48.9 Å². The van der Waals surface area contributed by atoms with Crippen molar-refractivity contribution in [2.75, 3.05) is 0 Å². The molecule has 1 aromatic carbocycles. The summed E-state index contributed by atoms with van der Waals surface area (Å²) in [5.74, 6) is 0. The molecule has 0 amide bonds. The molecule has 120 valence electrons. The van der Waals surface area contributed by atoms with Crippen molar-refractivity contribution in [3.63, 3.8) is 0 Å². The zero-order valence-corrected chi connectivity index (χ0v) is 13.9. The van der Waals surface area contributed by atoms with Crippen LogP contribution in [-0.4, -0.2) is 9.97 Å². The second-order valence-electron chi connectivity index (χ2n) is 5.83. The van der Waals surface area contributed by atoms with Gasteiger partial charge in [-0.2, -0.15) is 0 Å². The summed E-state index contributed by atoms with van der Waals surface area (Å²) in [6.45, 7) is 3.77. The van der Waals surface area contributed by atoms with Gasteiger partial charge in [-0.15, -0.1) is 6.58 Å². The molecule has 0 bridgehead atoms. The first-order valence-electron chi connectivity index (χ1n) is 8.43. The molecule has 1 heterocycles. The van der Waals surface area contributed by atoms with Gasteiger partial charge in [0.15, 0.2) is 0 Å². The minimum absolute atomic E-state index is 0.900. The maximum atomic E-state index is 4.45. The second kappa shape index (κ2) is 8.21. The third-order valence-electron chi connectivity index (χ3n) is 4.03. The van der Waals surface area contributed by atoms with Gasteiger partial charge in [0.1, 0.15) is 6.33 Å². The van der Waals surface area contributed by atoms with Crippen molar-refractivity contribution in [2.24, 2.45) is 0 Å². The molecule has 0 spiro atoms. The van der Waals surface area contributed by atoms with Gasteiger partial charge in [-0.25, -0.2) is 9.97 Å². The Balaban J connectivity index is 1.95. The Morgan fingerprint density at radius 2 is 1.88 bits per heavy atom. The molecule has 2 aromatic rings. The number of aryl methyl sites for hydroxylation is 1. The number of aromatic nitrogens is 2. The first-order chi connectivity index (χ1) is 11.9. The van der Waals surface area contributed by atoms with Gasteiger partial charge in [-0.3, -0.25) is 0 Å². The van der Waals surface area contributed by atoms with Crippen molar-refractivity contribution in [3.8, 4) is 11.3 Å². The lowest BCUT2D eigenvalue weighted by molar-refractivity contribution is 0.929. The predicted octanol–water partition coefficient (Wildman–Crippen LogP) is 5.64. The fourth-order valence-corrected chi connectivity index (χ4v) is 2.71. The zero-order valence-electron chi connectivity index (χ0n) is 13.9. The quantitative estimate of drug-likeness (QED) is 0.683. The van der Waals surface area contributed by atoms with E-state index in [2.05, 4.69) is 77.3 Å². The minimum atomic E-state index is 0.900. The molecule has 0 saturated heterocycles. The Bertz CT molecular complexity index is 797. The normalized spacial score (nSPS) is 17.5. The Morgan fingerprint density at radius 1 is 0.958 bits per heavy atom. The summed E-state index contributed by atoms with van der Waals surface area (Å²) in [6.07, 6.45) is 20.6. The number of benzene rings is 1. The Hall–Kier alpha value is -2.74. The van der Waals surface area contributed by atoms with Crippen LogP contribution in [0.15, 0.2) is 67.6 Å². The van der Waals surface area contributed by atoms with Crippen LogP contribution in [0.2, 0.25) is 0 Å². The maximum Gasteiger partial charge on any atom is 0.116 e. The predicted molar refractivity (Wildman–Crippen MR) is 102 cm³/mol. The molecule has 2 nitrogen and oxygen atoms in total. The first kappa shape index (κ1) is 16.1. The van der Waals surface area contributed by atoms with Crippen LogP contribution >= 0.6 is 0 Å². The average molecular weight is 314 g/mol. The SMILES string of the molecule is C=CCCc1cc(-c2ccc3c(c2)/C=C\C=C\CC/C=C/3)ncn1. The molecule has 24 heavy (non-hydrogen) atoms. The van der Waals surface area contributed by atoms with Crippen molar-refractivity contribution >= 4 is 12.2 Å². The highest BCUT2D eigenvalue weighted by atomic mass is 14.8. The van der Waals surface area contributed by atoms with Crippen molar-refractivity contribution in [1.29, 1.82) is 0 Å². The number of rotatable bonds is 4. The Labute approximate surface area is 144 Å². The standard InChI is InChI=1S/C22H22N2/c1-2-3-12-21-16-22(24-17-23-21)20-14-13-18-10-8-6-4-5-7-9-11-19(18)15-20/h2,5,7-11,13-17H,1,3-4,6,12H2/b7-5+,10-8+,11-9-. The highest BCUT2D eigenvalue weighted by Crippen LogP contribution is 2.24. The largest absolute Gasteiger partial charge is 0.241 e. The summed E-state index contributed by atoms with van der Waals surface area (Å²) < 4.78 is 0. The van der Waals surface area contributed by atoms with Crippen molar-refractivity contribution in [3.05, 3.63) is 84.4 Å². The minimum Gasteiger partial charge on any atom is -0.241 e. The molecule has 1 aromatic heterocycles. The maximum absolute atomic E-state index is 4.45. The fraction of sp³-hybridized carbons (Fsp3) is 0.182. The van der Waals surface area contributed by atoms with Crippen LogP contribution in [0.1, 0.15) is 36.1 Å². The number of nitrogens with zero attached hydrogens (tertiary/aromatic N) is 2. The lowest BCUT2D eigenvalue weighted by Crippen LogP contribution is -1.94. The summed E-state index contributed by atoms with van der Waals surface area (Å²) in [4.78, 5) is 8.80. The molecule has 1 aliphatic carbocycles. The Morgan fingerprint density at radius 3 is 2.79 bits per heavy atom. The molecule has 0 saturated carbocycles. The topological polar surface area (TPSA) is 25.8 Å². The third kappa shape index (κ3) is 4.17. The monoisotopic (exact) mass is 314 g/mol. The van der Waals surface area contributed by atoms with Gasteiger partial charge in [0.2, 0.25) is 0 Å². The second-order valence-corrected chi connectivity index (χ2v) is 5.83. The van der Waals surface area contributed by atoms with Crippen LogP contribution < -0.4 is 0 Å². The van der Waals surface area contributed by atoms with E-state index in [4.69, 9.17) is 0 Å². The van der Waals surface area contributed by atoms with E-state index in [1.54, 1.807) is 6.33 Å². The van der Waals surface area contributed by atoms with E-state index in [1.807, 2.05) is 6.08 Å². The van der Waals surface area contributed by atoms with E-state index < -0.39 is 0 Å².